The van der Waals surface area contributed by atoms with Crippen molar-refractivity contribution in [3.63, 3.8) is 0 Å². The summed E-state index contributed by atoms with van der Waals surface area (Å²) in [5, 5.41) is 10.8. The zero-order valence-corrected chi connectivity index (χ0v) is 19.5. The van der Waals surface area contributed by atoms with E-state index in [1.54, 1.807) is 0 Å². The number of carbonyl (C=O) groups excluding carboxylic acids is 1. The highest BCUT2D eigenvalue weighted by molar-refractivity contribution is 14.0. The van der Waals surface area contributed by atoms with Gasteiger partial charge in [-0.25, -0.2) is 0 Å². The lowest BCUT2D eigenvalue weighted by atomic mass is 9.95. The van der Waals surface area contributed by atoms with Crippen LogP contribution in [0.3, 0.4) is 0 Å². The molecule has 2 aliphatic rings. The number of carbonyl (C=O) groups is 1. The predicted octanol–water partition coefficient (Wildman–Crippen LogP) is 2.63. The molecule has 1 aromatic rings. The predicted molar refractivity (Wildman–Crippen MR) is 123 cm³/mol. The number of aryl methyl sites for hydroxylation is 1. The van der Waals surface area contributed by atoms with Gasteiger partial charge < -0.3 is 15.5 Å². The first-order valence-electron chi connectivity index (χ1n) is 10.5. The number of hydrogen-bond acceptors (Lipinski definition) is 3. The minimum absolute atomic E-state index is 0. The number of aromatic nitrogens is 2. The molecule has 1 aliphatic carbocycles. The zero-order chi connectivity index (χ0) is 19.1. The highest BCUT2D eigenvalue weighted by Crippen LogP contribution is 2.26. The van der Waals surface area contributed by atoms with E-state index < -0.39 is 0 Å². The van der Waals surface area contributed by atoms with Crippen LogP contribution in [0.4, 0.5) is 0 Å². The van der Waals surface area contributed by atoms with E-state index in [4.69, 9.17) is 4.99 Å². The summed E-state index contributed by atoms with van der Waals surface area (Å²) >= 11 is 0. The Kier molecular flexibility index (Phi) is 9.53. The summed E-state index contributed by atoms with van der Waals surface area (Å²) in [6.45, 7) is 5.39. The fourth-order valence-electron chi connectivity index (χ4n) is 4.11. The Morgan fingerprint density at radius 2 is 2.07 bits per heavy atom. The monoisotopic (exact) mass is 502 g/mol. The third-order valence-electron chi connectivity index (χ3n) is 5.59. The summed E-state index contributed by atoms with van der Waals surface area (Å²) in [5.74, 6) is 1.56. The van der Waals surface area contributed by atoms with E-state index in [2.05, 4.69) is 33.8 Å². The van der Waals surface area contributed by atoms with Crippen LogP contribution in [0.25, 0.3) is 0 Å². The van der Waals surface area contributed by atoms with Gasteiger partial charge in [-0.3, -0.25) is 14.5 Å². The molecule has 158 valence electrons. The summed E-state index contributed by atoms with van der Waals surface area (Å²) in [7, 11) is 1.96. The van der Waals surface area contributed by atoms with Gasteiger partial charge in [0.2, 0.25) is 5.91 Å². The van der Waals surface area contributed by atoms with E-state index in [0.29, 0.717) is 24.9 Å². The maximum atomic E-state index is 12.2. The molecule has 1 saturated heterocycles. The second-order valence-corrected chi connectivity index (χ2v) is 7.77. The quantitative estimate of drug-likeness (QED) is 0.357. The zero-order valence-electron chi connectivity index (χ0n) is 17.2. The van der Waals surface area contributed by atoms with Gasteiger partial charge >= 0.3 is 0 Å². The summed E-state index contributed by atoms with van der Waals surface area (Å²) in [5.41, 5.74) is 1.29. The molecule has 2 heterocycles. The Bertz CT molecular complexity index is 640. The van der Waals surface area contributed by atoms with Crippen LogP contribution in [0, 0.1) is 0 Å². The van der Waals surface area contributed by atoms with Crippen molar-refractivity contribution in [2.75, 3.05) is 26.2 Å². The van der Waals surface area contributed by atoms with Gasteiger partial charge in [-0.1, -0.05) is 19.3 Å². The van der Waals surface area contributed by atoms with Crippen molar-refractivity contribution in [2.24, 2.45) is 12.0 Å². The molecule has 0 bridgehead atoms. The first-order chi connectivity index (χ1) is 13.2. The summed E-state index contributed by atoms with van der Waals surface area (Å²) in [6, 6.07) is 0.377. The molecule has 0 aromatic carbocycles. The summed E-state index contributed by atoms with van der Waals surface area (Å²) in [4.78, 5) is 19.2. The molecule has 1 aromatic heterocycles. The van der Waals surface area contributed by atoms with Crippen molar-refractivity contribution in [3.05, 3.63) is 18.0 Å². The number of aliphatic imine (C=N–C) groups is 1. The molecule has 0 spiro atoms. The lowest BCUT2D eigenvalue weighted by Gasteiger charge is -2.23. The van der Waals surface area contributed by atoms with Crippen LogP contribution in [-0.2, 0) is 11.8 Å². The van der Waals surface area contributed by atoms with E-state index in [9.17, 15) is 4.79 Å². The molecule has 8 heteroatoms. The molecule has 3 rings (SSSR count). The highest BCUT2D eigenvalue weighted by Gasteiger charge is 2.27. The number of nitrogens with zero attached hydrogens (tertiary/aromatic N) is 4. The molecule has 0 radical (unpaired) electrons. The number of likely N-dealkylation sites (tertiary alicyclic amines) is 1. The number of guanidine groups is 1. The van der Waals surface area contributed by atoms with Gasteiger partial charge in [0, 0.05) is 51.3 Å². The smallest absolute Gasteiger partial charge is 0.222 e. The maximum Gasteiger partial charge on any atom is 0.222 e. The van der Waals surface area contributed by atoms with Crippen molar-refractivity contribution in [1.82, 2.24) is 25.3 Å². The second-order valence-electron chi connectivity index (χ2n) is 7.77. The number of hydrogen-bond donors (Lipinski definition) is 2. The molecule has 7 nitrogen and oxygen atoms in total. The summed E-state index contributed by atoms with van der Waals surface area (Å²) in [6.07, 6.45) is 11.7. The largest absolute Gasteiger partial charge is 0.357 e. The Morgan fingerprint density at radius 1 is 1.29 bits per heavy atom. The third-order valence-corrected chi connectivity index (χ3v) is 5.59. The normalized spacial score (nSPS) is 20.7. The van der Waals surface area contributed by atoms with Gasteiger partial charge in [-0.2, -0.15) is 5.10 Å². The minimum atomic E-state index is 0. The van der Waals surface area contributed by atoms with Crippen LogP contribution >= 0.6 is 24.0 Å². The Balaban J connectivity index is 0.00000280. The highest BCUT2D eigenvalue weighted by atomic mass is 127. The molecule has 28 heavy (non-hydrogen) atoms. The Labute approximate surface area is 185 Å². The number of halogens is 1. The molecule has 2 N–H and O–H groups in total. The average Bonchev–Trinajstić information content (AvgIpc) is 3.31. The average molecular weight is 502 g/mol. The number of nitrogens with one attached hydrogen (secondary N) is 2. The standard InChI is InChI=1S/C20H34N6O.HI/c1-3-21-20(22-11-9-19(27)24-18-7-5-4-6-8-18)26-12-10-16(15-26)17-13-23-25(2)14-17;/h13-14,16,18H,3-12,15H2,1-2H3,(H,21,22)(H,24,27);1H. The maximum absolute atomic E-state index is 12.2. The van der Waals surface area contributed by atoms with Crippen LogP contribution in [0.2, 0.25) is 0 Å². The van der Waals surface area contributed by atoms with E-state index in [1.165, 1.54) is 24.8 Å². The summed E-state index contributed by atoms with van der Waals surface area (Å²) < 4.78 is 1.86. The molecular weight excluding hydrogens is 467 g/mol. The topological polar surface area (TPSA) is 74.6 Å². The van der Waals surface area contributed by atoms with Gasteiger partial charge in [0.15, 0.2) is 5.96 Å². The first-order valence-corrected chi connectivity index (χ1v) is 10.5. The van der Waals surface area contributed by atoms with E-state index >= 15 is 0 Å². The molecule has 2 fully saturated rings. The fourth-order valence-corrected chi connectivity index (χ4v) is 4.11. The van der Waals surface area contributed by atoms with E-state index in [-0.39, 0.29) is 29.9 Å². The molecule has 1 atom stereocenters. The van der Waals surface area contributed by atoms with Gasteiger partial charge in [-0.15, -0.1) is 24.0 Å². The van der Waals surface area contributed by atoms with Crippen molar-refractivity contribution >= 4 is 35.8 Å². The third kappa shape index (κ3) is 6.63. The van der Waals surface area contributed by atoms with Gasteiger partial charge in [0.1, 0.15) is 0 Å². The van der Waals surface area contributed by atoms with Crippen LogP contribution in [0.5, 0.6) is 0 Å². The van der Waals surface area contributed by atoms with Gasteiger partial charge in [0.05, 0.1) is 12.7 Å². The van der Waals surface area contributed by atoms with Gasteiger partial charge in [-0.05, 0) is 31.7 Å². The van der Waals surface area contributed by atoms with Crippen LogP contribution in [0.15, 0.2) is 17.4 Å². The lowest BCUT2D eigenvalue weighted by molar-refractivity contribution is -0.121. The number of amides is 1. The molecule has 1 aliphatic heterocycles. The minimum Gasteiger partial charge on any atom is -0.357 e. The van der Waals surface area contributed by atoms with E-state index in [1.807, 2.05) is 17.9 Å². The van der Waals surface area contributed by atoms with Crippen molar-refractivity contribution < 1.29 is 4.79 Å². The lowest BCUT2D eigenvalue weighted by Crippen LogP contribution is -2.40. The molecule has 1 saturated carbocycles. The van der Waals surface area contributed by atoms with E-state index in [0.717, 1.165) is 44.9 Å². The Morgan fingerprint density at radius 3 is 2.75 bits per heavy atom. The van der Waals surface area contributed by atoms with Crippen LogP contribution in [-0.4, -0.2) is 58.8 Å². The second kappa shape index (κ2) is 11.6. The molecule has 1 amide bonds. The van der Waals surface area contributed by atoms with Crippen molar-refractivity contribution in [2.45, 2.75) is 63.8 Å². The van der Waals surface area contributed by atoms with Crippen molar-refractivity contribution in [1.29, 1.82) is 0 Å². The molecular formula is C20H35IN6O. The SMILES string of the molecule is CCNC(=NCCC(=O)NC1CCCCC1)N1CCC(c2cnn(C)c2)C1.I. The van der Waals surface area contributed by atoms with Crippen LogP contribution < -0.4 is 10.6 Å². The molecule has 1 unspecified atom stereocenters. The number of rotatable bonds is 6. The Hall–Kier alpha value is -1.32. The first kappa shape index (κ1) is 23.0. The van der Waals surface area contributed by atoms with Gasteiger partial charge in [0.25, 0.3) is 0 Å². The fraction of sp³-hybridized carbons (Fsp3) is 0.750. The van der Waals surface area contributed by atoms with Crippen molar-refractivity contribution in [3.8, 4) is 0 Å². The van der Waals surface area contributed by atoms with Crippen LogP contribution in [0.1, 0.15) is 63.4 Å².